The topological polar surface area (TPSA) is 222 Å². The minimum atomic E-state index is -0.873. The molecule has 0 saturated carbocycles. The molecule has 0 unspecified atom stereocenters. The molecule has 0 aliphatic carbocycles. The highest BCUT2D eigenvalue weighted by Gasteiger charge is 2.17. The molecular weight excluding hydrogens is 1320 g/mol. The van der Waals surface area contributed by atoms with Crippen LogP contribution in [0.25, 0.3) is 166 Å². The van der Waals surface area contributed by atoms with Gasteiger partial charge in [-0.1, -0.05) is 36.4 Å². The SMILES string of the molecule is Fc1ccc(-c2cnc3[nH]cc(-c4ccoc4)c3c2)c(F)c1.Fc1ccc(-c2cnc3[nH]cc(-c4ccoc4)c3c2)cc1F.c1cc(-c2c[nH]c3ncc(-c4ccsc4)cc23)co1.c1cc(-c2cnc3[nH]cc(-c4ccoc4)c3c2)co1.c1ccc(-c2cnc3[nH]cc(-c4ccoc4)c3c2)cc1. The minimum Gasteiger partial charge on any atom is -0.472 e. The Morgan fingerprint density at radius 3 is 0.990 bits per heavy atom. The fraction of sp³-hybridized carbons (Fsp3) is 0. The van der Waals surface area contributed by atoms with Crippen molar-refractivity contribution in [2.75, 3.05) is 0 Å². The molecule has 17 aromatic heterocycles. The van der Waals surface area contributed by atoms with Gasteiger partial charge in [-0.05, 0) is 125 Å². The maximum absolute atomic E-state index is 13.9. The number of halogens is 4. The molecule has 3 aromatic carbocycles. The molecular formula is C81H52F4N10O6S. The predicted molar refractivity (Wildman–Crippen MR) is 386 cm³/mol. The summed E-state index contributed by atoms with van der Waals surface area (Å²) in [6.07, 6.45) is 38.5. The molecule has 20 aromatic rings. The van der Waals surface area contributed by atoms with Crippen molar-refractivity contribution in [3.8, 4) is 111 Å². The van der Waals surface area contributed by atoms with Crippen molar-refractivity contribution in [2.45, 2.75) is 0 Å². The smallest absolute Gasteiger partial charge is 0.159 e. The lowest BCUT2D eigenvalue weighted by molar-refractivity contribution is 0.509. The zero-order valence-electron chi connectivity index (χ0n) is 53.2. The summed E-state index contributed by atoms with van der Waals surface area (Å²) in [5.41, 5.74) is 23.1. The number of aromatic amines is 5. The van der Waals surface area contributed by atoms with E-state index in [2.05, 4.69) is 97.0 Å². The largest absolute Gasteiger partial charge is 0.472 e. The number of pyridine rings is 5. The summed E-state index contributed by atoms with van der Waals surface area (Å²) in [7, 11) is 0. The van der Waals surface area contributed by atoms with Gasteiger partial charge in [0.15, 0.2) is 11.6 Å². The van der Waals surface area contributed by atoms with Crippen molar-refractivity contribution in [2.24, 2.45) is 0 Å². The molecule has 496 valence electrons. The van der Waals surface area contributed by atoms with Gasteiger partial charge in [-0.25, -0.2) is 42.5 Å². The highest BCUT2D eigenvalue weighted by atomic mass is 32.1. The molecule has 21 heteroatoms. The first-order valence-corrected chi connectivity index (χ1v) is 32.6. The number of furan rings is 6. The Labute approximate surface area is 579 Å². The Morgan fingerprint density at radius 2 is 0.627 bits per heavy atom. The average molecular weight is 1370 g/mol. The number of thiophene rings is 1. The van der Waals surface area contributed by atoms with E-state index in [0.717, 1.165) is 145 Å². The van der Waals surface area contributed by atoms with Crippen LogP contribution in [0.2, 0.25) is 0 Å². The summed E-state index contributed by atoms with van der Waals surface area (Å²) in [4.78, 5) is 37.8. The van der Waals surface area contributed by atoms with Crippen LogP contribution in [0, 0.1) is 23.3 Å². The number of fused-ring (bicyclic) bond motifs is 5. The van der Waals surface area contributed by atoms with Gasteiger partial charge in [-0.15, -0.1) is 0 Å². The first-order chi connectivity index (χ1) is 50.2. The summed E-state index contributed by atoms with van der Waals surface area (Å²) < 4.78 is 84.2. The van der Waals surface area contributed by atoms with E-state index in [0.29, 0.717) is 22.3 Å². The molecule has 0 amide bonds. The van der Waals surface area contributed by atoms with E-state index in [1.54, 1.807) is 98.9 Å². The quantitative estimate of drug-likeness (QED) is 0.0810. The molecule has 0 aliphatic rings. The van der Waals surface area contributed by atoms with Gasteiger partial charge in [-0.3, -0.25) is 0 Å². The monoisotopic (exact) mass is 1370 g/mol. The maximum atomic E-state index is 13.9. The number of nitrogens with one attached hydrogen (secondary N) is 5. The number of nitrogens with zero attached hydrogens (tertiary/aromatic N) is 5. The minimum absolute atomic E-state index is 0.315. The number of hydrogen-bond donors (Lipinski definition) is 5. The average Bonchev–Trinajstić information content (AvgIpc) is 1.66. The van der Waals surface area contributed by atoms with Gasteiger partial charge in [0, 0.05) is 190 Å². The molecule has 17 heterocycles. The first-order valence-electron chi connectivity index (χ1n) is 31.7. The summed E-state index contributed by atoms with van der Waals surface area (Å²) in [5.74, 6) is -2.95. The van der Waals surface area contributed by atoms with Crippen LogP contribution in [0.3, 0.4) is 0 Å². The van der Waals surface area contributed by atoms with Crippen molar-refractivity contribution in [1.82, 2.24) is 49.8 Å². The van der Waals surface area contributed by atoms with Gasteiger partial charge in [0.05, 0.1) is 75.2 Å². The summed E-state index contributed by atoms with van der Waals surface area (Å²) >= 11 is 1.69. The molecule has 102 heavy (non-hydrogen) atoms. The lowest BCUT2D eigenvalue weighted by atomic mass is 10.0. The first kappa shape index (κ1) is 63.0. The van der Waals surface area contributed by atoms with Crippen molar-refractivity contribution in [3.05, 3.63) is 311 Å². The van der Waals surface area contributed by atoms with Crippen molar-refractivity contribution in [3.63, 3.8) is 0 Å². The van der Waals surface area contributed by atoms with E-state index < -0.39 is 23.3 Å². The molecule has 20 rings (SSSR count). The van der Waals surface area contributed by atoms with Crippen LogP contribution in [-0.2, 0) is 0 Å². The Bertz CT molecular complexity index is 6000. The fourth-order valence-electron chi connectivity index (χ4n) is 12.0. The third-order valence-electron chi connectivity index (χ3n) is 17.1. The Kier molecular flexibility index (Phi) is 17.3. The fourth-order valence-corrected chi connectivity index (χ4v) is 12.6. The molecule has 5 N–H and O–H groups in total. The second-order valence-electron chi connectivity index (χ2n) is 23.3. The molecule has 0 aliphatic heterocycles. The molecule has 0 fully saturated rings. The van der Waals surface area contributed by atoms with Gasteiger partial charge in [-0.2, -0.15) is 11.3 Å². The molecule has 0 bridgehead atoms. The van der Waals surface area contributed by atoms with Gasteiger partial charge >= 0.3 is 0 Å². The van der Waals surface area contributed by atoms with E-state index in [1.165, 1.54) is 35.4 Å². The van der Waals surface area contributed by atoms with Crippen molar-refractivity contribution < 1.29 is 44.1 Å². The van der Waals surface area contributed by atoms with Crippen LogP contribution in [-0.4, -0.2) is 49.8 Å². The van der Waals surface area contributed by atoms with Gasteiger partial charge in [0.1, 0.15) is 39.9 Å². The molecule has 0 spiro atoms. The summed E-state index contributed by atoms with van der Waals surface area (Å²) in [6, 6.07) is 41.3. The van der Waals surface area contributed by atoms with Gasteiger partial charge < -0.3 is 51.4 Å². The molecule has 0 atom stereocenters. The molecule has 0 saturated heterocycles. The van der Waals surface area contributed by atoms with Crippen molar-refractivity contribution >= 4 is 66.5 Å². The molecule has 16 nitrogen and oxygen atoms in total. The van der Waals surface area contributed by atoms with Crippen LogP contribution >= 0.6 is 11.3 Å². The lowest BCUT2D eigenvalue weighted by Gasteiger charge is -2.04. The zero-order valence-corrected chi connectivity index (χ0v) is 54.1. The summed E-state index contributed by atoms with van der Waals surface area (Å²) in [6.45, 7) is 0. The Hall–Kier alpha value is -13.8. The lowest BCUT2D eigenvalue weighted by Crippen LogP contribution is -1.88. The normalized spacial score (nSPS) is 11.1. The van der Waals surface area contributed by atoms with Crippen LogP contribution in [0.1, 0.15) is 0 Å². The van der Waals surface area contributed by atoms with Crippen molar-refractivity contribution in [1.29, 1.82) is 0 Å². The second kappa shape index (κ2) is 28.0. The van der Waals surface area contributed by atoms with Crippen LogP contribution < -0.4 is 0 Å². The molecule has 0 radical (unpaired) electrons. The third-order valence-corrected chi connectivity index (χ3v) is 17.8. The number of aromatic nitrogens is 10. The second-order valence-corrected chi connectivity index (χ2v) is 24.1. The Balaban J connectivity index is 0.0000000988. The van der Waals surface area contributed by atoms with Gasteiger partial charge in [0.25, 0.3) is 0 Å². The van der Waals surface area contributed by atoms with E-state index in [1.807, 2.05) is 116 Å². The zero-order chi connectivity index (χ0) is 68.9. The predicted octanol–water partition coefficient (Wildman–Crippen LogP) is 22.7. The van der Waals surface area contributed by atoms with Crippen LogP contribution in [0.15, 0.2) is 314 Å². The Morgan fingerprint density at radius 1 is 0.265 bits per heavy atom. The van der Waals surface area contributed by atoms with E-state index in [9.17, 15) is 17.6 Å². The van der Waals surface area contributed by atoms with E-state index in [-0.39, 0.29) is 0 Å². The van der Waals surface area contributed by atoms with Gasteiger partial charge in [0.2, 0.25) is 0 Å². The highest BCUT2D eigenvalue weighted by molar-refractivity contribution is 7.08. The standard InChI is InChI=1S/2C17H10F2N2O.C17H12N2O.C15H10N2O2.C15H10N2OS/c18-12-1-2-13(16(19)6-12)11-5-14-15(10-3-4-22-9-10)8-21-17(14)20-7-11;18-15-2-1-10(6-16(15)19)12-5-13-14(11-3-4-22-9-11)8-21-17(13)20-7-12;1-2-4-12(5-3-1)14-8-15-16(13-6-7-20-11-13)10-19-17(15)18-9-14;1-3-18-8-10(1)12-5-13-14(11-2-4-19-9-11)7-17-15(13)16-6-12;1-3-18-8-10(1)14-7-17-15-13(14)5-12(6-16-15)11-2-4-19-9-11/h2*1-9H,(H,20,21);1-11H,(H,18,19);2*1-9H,(H,16,17). The number of rotatable bonds is 10. The highest BCUT2D eigenvalue weighted by Crippen LogP contribution is 2.38. The summed E-state index contributed by atoms with van der Waals surface area (Å²) in [5, 5.41) is 9.24. The maximum Gasteiger partial charge on any atom is 0.159 e. The number of hydrogen-bond acceptors (Lipinski definition) is 12. The third kappa shape index (κ3) is 13.0. The van der Waals surface area contributed by atoms with Crippen LogP contribution in [0.5, 0.6) is 0 Å². The van der Waals surface area contributed by atoms with Crippen LogP contribution in [0.4, 0.5) is 17.6 Å². The van der Waals surface area contributed by atoms with E-state index >= 15 is 0 Å². The number of H-pyrrole nitrogens is 5. The number of benzene rings is 3. The van der Waals surface area contributed by atoms with E-state index in [4.69, 9.17) is 26.5 Å².